The van der Waals surface area contributed by atoms with Crippen molar-refractivity contribution in [1.82, 2.24) is 14.8 Å². The van der Waals surface area contributed by atoms with Crippen LogP contribution in [0.1, 0.15) is 5.56 Å². The van der Waals surface area contributed by atoms with E-state index in [0.29, 0.717) is 30.2 Å². The van der Waals surface area contributed by atoms with Gasteiger partial charge in [0.1, 0.15) is 30.8 Å². The molecule has 27 heavy (non-hydrogen) atoms. The number of carbonyl (C=O) groups is 1. The molecule has 1 heterocycles. The van der Waals surface area contributed by atoms with Crippen molar-refractivity contribution >= 4 is 33.6 Å². The zero-order valence-electron chi connectivity index (χ0n) is 14.2. The Morgan fingerprint density at radius 1 is 1.30 bits per heavy atom. The van der Waals surface area contributed by atoms with Crippen LogP contribution in [0.3, 0.4) is 0 Å². The van der Waals surface area contributed by atoms with Gasteiger partial charge in [-0.3, -0.25) is 4.79 Å². The highest BCUT2D eigenvalue weighted by atomic mass is 79.9. The van der Waals surface area contributed by atoms with Crippen LogP contribution in [0.4, 0.5) is 10.1 Å². The molecule has 1 aromatic heterocycles. The number of ether oxygens (including phenoxy) is 1. The van der Waals surface area contributed by atoms with Gasteiger partial charge in [-0.1, -0.05) is 22.0 Å². The van der Waals surface area contributed by atoms with Crippen molar-refractivity contribution in [2.45, 2.75) is 6.54 Å². The van der Waals surface area contributed by atoms with Crippen LogP contribution in [0.5, 0.6) is 5.75 Å². The second kappa shape index (κ2) is 9.09. The molecule has 0 radical (unpaired) electrons. The van der Waals surface area contributed by atoms with Gasteiger partial charge < -0.3 is 10.1 Å². The number of amides is 1. The molecule has 0 unspecified atom stereocenters. The Kier molecular flexibility index (Phi) is 6.32. The van der Waals surface area contributed by atoms with Gasteiger partial charge in [0.15, 0.2) is 0 Å². The van der Waals surface area contributed by atoms with Gasteiger partial charge >= 0.3 is 0 Å². The molecule has 0 aliphatic heterocycles. The monoisotopic (exact) mass is 430 g/mol. The molecule has 1 N–H and O–H groups in total. The number of hydrogen-bond donors (Lipinski definition) is 1. The lowest BCUT2D eigenvalue weighted by atomic mass is 10.2. The first kappa shape index (κ1) is 18.8. The quantitative estimate of drug-likeness (QED) is 0.576. The largest absolute Gasteiger partial charge is 0.492 e. The summed E-state index contributed by atoms with van der Waals surface area (Å²) in [6.07, 6.45) is 5.78. The maximum absolute atomic E-state index is 13.7. The molecule has 2 aromatic carbocycles. The Balaban J connectivity index is 1.56. The number of halogens is 2. The fourth-order valence-corrected chi connectivity index (χ4v) is 2.64. The van der Waals surface area contributed by atoms with Gasteiger partial charge in [0, 0.05) is 27.9 Å². The molecular weight excluding hydrogens is 415 g/mol. The molecule has 0 aliphatic carbocycles. The lowest BCUT2D eigenvalue weighted by molar-refractivity contribution is -0.111. The van der Waals surface area contributed by atoms with Gasteiger partial charge in [-0.2, -0.15) is 5.10 Å². The molecular formula is C19H16BrFN4O2. The van der Waals surface area contributed by atoms with Crippen LogP contribution in [-0.4, -0.2) is 27.3 Å². The Morgan fingerprint density at radius 2 is 2.19 bits per heavy atom. The van der Waals surface area contributed by atoms with Crippen LogP contribution in [0.2, 0.25) is 0 Å². The highest BCUT2D eigenvalue weighted by Crippen LogP contribution is 2.19. The number of aromatic nitrogens is 3. The molecule has 0 saturated heterocycles. The van der Waals surface area contributed by atoms with Gasteiger partial charge in [0.25, 0.3) is 0 Å². The Hall–Kier alpha value is -3.00. The van der Waals surface area contributed by atoms with Crippen molar-refractivity contribution in [3.63, 3.8) is 0 Å². The molecule has 8 heteroatoms. The van der Waals surface area contributed by atoms with E-state index in [1.54, 1.807) is 47.4 Å². The predicted octanol–water partition coefficient (Wildman–Crippen LogP) is 3.91. The van der Waals surface area contributed by atoms with Crippen LogP contribution >= 0.6 is 15.9 Å². The molecule has 0 aliphatic rings. The van der Waals surface area contributed by atoms with Crippen LogP contribution in [-0.2, 0) is 11.3 Å². The molecule has 138 valence electrons. The minimum Gasteiger partial charge on any atom is -0.492 e. The molecule has 3 aromatic rings. The fourth-order valence-electron chi connectivity index (χ4n) is 2.26. The third kappa shape index (κ3) is 5.75. The average molecular weight is 431 g/mol. The Labute approximate surface area is 163 Å². The molecule has 1 amide bonds. The van der Waals surface area contributed by atoms with Crippen LogP contribution < -0.4 is 10.1 Å². The maximum atomic E-state index is 13.7. The van der Waals surface area contributed by atoms with Crippen molar-refractivity contribution in [2.24, 2.45) is 0 Å². The van der Waals surface area contributed by atoms with Crippen molar-refractivity contribution in [3.8, 4) is 5.75 Å². The van der Waals surface area contributed by atoms with Gasteiger partial charge in [0.05, 0.1) is 6.54 Å². The molecule has 0 atom stereocenters. The minimum absolute atomic E-state index is 0.324. The fraction of sp³-hybridized carbons (Fsp3) is 0.105. The minimum atomic E-state index is -0.398. The van der Waals surface area contributed by atoms with E-state index < -0.39 is 5.82 Å². The van der Waals surface area contributed by atoms with Gasteiger partial charge in [0.2, 0.25) is 5.91 Å². The van der Waals surface area contributed by atoms with E-state index in [1.807, 2.05) is 0 Å². The summed E-state index contributed by atoms with van der Waals surface area (Å²) in [5, 5.41) is 6.72. The SMILES string of the molecule is O=C(/C=C/c1cc(Br)ccc1F)Nc1cccc(OCCn2cncn2)c1. The van der Waals surface area contributed by atoms with Crippen molar-refractivity contribution in [3.05, 3.63) is 77.0 Å². The predicted molar refractivity (Wildman–Crippen MR) is 104 cm³/mol. The maximum Gasteiger partial charge on any atom is 0.248 e. The lowest BCUT2D eigenvalue weighted by Gasteiger charge is -2.08. The molecule has 0 fully saturated rings. The number of benzene rings is 2. The number of nitrogens with zero attached hydrogens (tertiary/aromatic N) is 3. The van der Waals surface area contributed by atoms with E-state index in [9.17, 15) is 9.18 Å². The van der Waals surface area contributed by atoms with E-state index in [-0.39, 0.29) is 5.91 Å². The van der Waals surface area contributed by atoms with E-state index >= 15 is 0 Å². The summed E-state index contributed by atoms with van der Waals surface area (Å²) in [4.78, 5) is 15.9. The first-order valence-corrected chi connectivity index (χ1v) is 8.89. The van der Waals surface area contributed by atoms with Crippen molar-refractivity contribution < 1.29 is 13.9 Å². The summed E-state index contributed by atoms with van der Waals surface area (Å²) in [6.45, 7) is 0.986. The van der Waals surface area contributed by atoms with E-state index in [2.05, 4.69) is 31.3 Å². The van der Waals surface area contributed by atoms with Crippen LogP contribution in [0.25, 0.3) is 6.08 Å². The topological polar surface area (TPSA) is 69.0 Å². The number of anilines is 1. The van der Waals surface area contributed by atoms with E-state index in [4.69, 9.17) is 4.74 Å². The van der Waals surface area contributed by atoms with E-state index in [0.717, 1.165) is 4.47 Å². The van der Waals surface area contributed by atoms with Crippen molar-refractivity contribution in [1.29, 1.82) is 0 Å². The highest BCUT2D eigenvalue weighted by molar-refractivity contribution is 9.10. The number of rotatable bonds is 7. The second-order valence-electron chi connectivity index (χ2n) is 5.52. The smallest absolute Gasteiger partial charge is 0.248 e. The summed E-state index contributed by atoms with van der Waals surface area (Å²) < 4.78 is 21.7. The Bertz CT molecular complexity index is 945. The first-order chi connectivity index (χ1) is 13.1. The molecule has 0 spiro atoms. The van der Waals surface area contributed by atoms with Gasteiger partial charge in [-0.25, -0.2) is 14.1 Å². The van der Waals surface area contributed by atoms with Crippen molar-refractivity contribution in [2.75, 3.05) is 11.9 Å². The third-order valence-corrected chi connectivity index (χ3v) is 4.02. The molecule has 3 rings (SSSR count). The van der Waals surface area contributed by atoms with Gasteiger partial charge in [-0.05, 0) is 36.4 Å². The lowest BCUT2D eigenvalue weighted by Crippen LogP contribution is -2.10. The summed E-state index contributed by atoms with van der Waals surface area (Å²) in [7, 11) is 0. The molecule has 0 bridgehead atoms. The normalized spacial score (nSPS) is 10.9. The average Bonchev–Trinajstić information content (AvgIpc) is 3.16. The third-order valence-electron chi connectivity index (χ3n) is 3.53. The molecule has 0 saturated carbocycles. The number of nitrogens with one attached hydrogen (secondary N) is 1. The van der Waals surface area contributed by atoms with Gasteiger partial charge in [-0.15, -0.1) is 0 Å². The molecule has 6 nitrogen and oxygen atoms in total. The summed E-state index contributed by atoms with van der Waals surface area (Å²) in [5.74, 6) is -0.144. The van der Waals surface area contributed by atoms with E-state index in [1.165, 1.54) is 24.5 Å². The standard InChI is InChI=1S/C19H16BrFN4O2/c20-15-5-6-18(21)14(10-15)4-7-19(26)24-16-2-1-3-17(11-16)27-9-8-25-13-22-12-23-25/h1-7,10-13H,8-9H2,(H,24,26)/b7-4+. The summed E-state index contributed by atoms with van der Waals surface area (Å²) >= 11 is 3.27. The summed E-state index contributed by atoms with van der Waals surface area (Å²) in [5.41, 5.74) is 0.905. The zero-order chi connectivity index (χ0) is 19.1. The summed E-state index contributed by atoms with van der Waals surface area (Å²) in [6, 6.07) is 11.6. The first-order valence-electron chi connectivity index (χ1n) is 8.09. The number of carbonyl (C=O) groups excluding carboxylic acids is 1. The second-order valence-corrected chi connectivity index (χ2v) is 6.44. The zero-order valence-corrected chi connectivity index (χ0v) is 15.8. The highest BCUT2D eigenvalue weighted by Gasteiger charge is 2.03. The number of hydrogen-bond acceptors (Lipinski definition) is 4. The van der Waals surface area contributed by atoms with Crippen LogP contribution in [0, 0.1) is 5.82 Å². The Morgan fingerprint density at radius 3 is 3.00 bits per heavy atom. The van der Waals surface area contributed by atoms with Crippen LogP contribution in [0.15, 0.2) is 65.7 Å².